The van der Waals surface area contributed by atoms with Crippen molar-refractivity contribution in [1.82, 2.24) is 0 Å². The van der Waals surface area contributed by atoms with Crippen molar-refractivity contribution in [3.8, 4) is 0 Å². The minimum absolute atomic E-state index is 0.763. The average molecular weight is 297 g/mol. The van der Waals surface area contributed by atoms with Crippen molar-refractivity contribution in [2.75, 3.05) is 0 Å². The van der Waals surface area contributed by atoms with Gasteiger partial charge in [-0.3, -0.25) is 0 Å². The van der Waals surface area contributed by atoms with Gasteiger partial charge >= 0.3 is 0 Å². The van der Waals surface area contributed by atoms with Gasteiger partial charge in [0.05, 0.1) is 0 Å². The Balaban J connectivity index is 2.91. The molecule has 21 heavy (non-hydrogen) atoms. The van der Waals surface area contributed by atoms with Gasteiger partial charge in [-0.15, -0.1) is 0 Å². The summed E-state index contributed by atoms with van der Waals surface area (Å²) >= 11 is 0. The number of carbonyl (C=O) groups excluding carboxylic acids is 1. The van der Waals surface area contributed by atoms with Gasteiger partial charge in [0.2, 0.25) is 0 Å². The quantitative estimate of drug-likeness (QED) is 0.193. The second-order valence-electron chi connectivity index (χ2n) is 6.61. The first-order chi connectivity index (χ1) is 10.4. The first-order valence-corrected chi connectivity index (χ1v) is 9.85. The lowest BCUT2D eigenvalue weighted by Crippen LogP contribution is -1.84. The summed E-state index contributed by atoms with van der Waals surface area (Å²) in [5.41, 5.74) is 0. The lowest BCUT2D eigenvalue weighted by molar-refractivity contribution is -0.107. The summed E-state index contributed by atoms with van der Waals surface area (Å²) in [4.78, 5) is 10.2. The van der Waals surface area contributed by atoms with Crippen LogP contribution >= 0.6 is 0 Å². The summed E-state index contributed by atoms with van der Waals surface area (Å²) < 4.78 is 0. The van der Waals surface area contributed by atoms with Gasteiger partial charge < -0.3 is 4.79 Å². The molecule has 0 aliphatic rings. The smallest absolute Gasteiger partial charge is 0.119 e. The molecule has 0 aromatic carbocycles. The van der Waals surface area contributed by atoms with Crippen LogP contribution in [0.5, 0.6) is 0 Å². The summed E-state index contributed by atoms with van der Waals surface area (Å²) in [7, 11) is 0. The van der Waals surface area contributed by atoms with Crippen molar-refractivity contribution in [3.05, 3.63) is 0 Å². The zero-order chi connectivity index (χ0) is 15.4. The molecular weight excluding hydrogens is 256 g/mol. The van der Waals surface area contributed by atoms with Gasteiger partial charge in [-0.1, -0.05) is 110 Å². The SMILES string of the molecule is CCCCCCCCCCCCCCCCCCCC=O. The third kappa shape index (κ3) is 19.7. The van der Waals surface area contributed by atoms with Gasteiger partial charge in [-0.2, -0.15) is 0 Å². The highest BCUT2D eigenvalue weighted by molar-refractivity contribution is 5.48. The summed E-state index contributed by atoms with van der Waals surface area (Å²) in [5.74, 6) is 0. The number of unbranched alkanes of at least 4 members (excludes halogenated alkanes) is 17. The van der Waals surface area contributed by atoms with Gasteiger partial charge in [-0.05, 0) is 6.42 Å². The van der Waals surface area contributed by atoms with E-state index < -0.39 is 0 Å². The van der Waals surface area contributed by atoms with Crippen LogP contribution in [0, 0.1) is 0 Å². The van der Waals surface area contributed by atoms with Crippen LogP contribution in [-0.4, -0.2) is 6.29 Å². The van der Waals surface area contributed by atoms with E-state index in [-0.39, 0.29) is 0 Å². The molecule has 0 aliphatic heterocycles. The number of rotatable bonds is 18. The Morgan fingerprint density at radius 1 is 0.476 bits per heavy atom. The first kappa shape index (κ1) is 20.7. The fourth-order valence-corrected chi connectivity index (χ4v) is 2.95. The Labute approximate surface area is 134 Å². The number of aldehydes is 1. The van der Waals surface area contributed by atoms with E-state index in [0.717, 1.165) is 19.1 Å². The van der Waals surface area contributed by atoms with Crippen LogP contribution in [-0.2, 0) is 4.79 Å². The molecular formula is C20H40O. The Bertz CT molecular complexity index is 188. The second-order valence-corrected chi connectivity index (χ2v) is 6.61. The monoisotopic (exact) mass is 296 g/mol. The lowest BCUT2D eigenvalue weighted by Gasteiger charge is -2.03. The van der Waals surface area contributed by atoms with Crippen molar-refractivity contribution in [2.24, 2.45) is 0 Å². The van der Waals surface area contributed by atoms with E-state index in [9.17, 15) is 4.79 Å². The summed E-state index contributed by atoms with van der Waals surface area (Å²) in [6, 6.07) is 0. The Morgan fingerprint density at radius 3 is 1.05 bits per heavy atom. The largest absolute Gasteiger partial charge is 0.303 e. The number of hydrogen-bond acceptors (Lipinski definition) is 1. The molecule has 0 spiro atoms. The van der Waals surface area contributed by atoms with Gasteiger partial charge in [-0.25, -0.2) is 0 Å². The molecule has 0 fully saturated rings. The average Bonchev–Trinajstić information content (AvgIpc) is 2.50. The molecule has 0 aliphatic carbocycles. The molecule has 0 bridgehead atoms. The fraction of sp³-hybridized carbons (Fsp3) is 0.950. The Morgan fingerprint density at radius 2 is 0.762 bits per heavy atom. The Hall–Kier alpha value is -0.330. The van der Waals surface area contributed by atoms with Crippen LogP contribution in [0.3, 0.4) is 0 Å². The van der Waals surface area contributed by atoms with Crippen LogP contribution in [0.25, 0.3) is 0 Å². The van der Waals surface area contributed by atoms with Crippen molar-refractivity contribution in [1.29, 1.82) is 0 Å². The van der Waals surface area contributed by atoms with Crippen LogP contribution in [0.15, 0.2) is 0 Å². The zero-order valence-corrected chi connectivity index (χ0v) is 14.7. The molecule has 1 nitrogen and oxygen atoms in total. The van der Waals surface area contributed by atoms with E-state index in [1.807, 2.05) is 0 Å². The molecule has 0 amide bonds. The van der Waals surface area contributed by atoms with Crippen molar-refractivity contribution in [2.45, 2.75) is 122 Å². The van der Waals surface area contributed by atoms with Crippen LogP contribution < -0.4 is 0 Å². The van der Waals surface area contributed by atoms with E-state index in [1.54, 1.807) is 0 Å². The maximum atomic E-state index is 10.2. The number of hydrogen-bond donors (Lipinski definition) is 0. The molecule has 0 radical (unpaired) electrons. The molecule has 0 aromatic heterocycles. The normalized spacial score (nSPS) is 10.9. The highest BCUT2D eigenvalue weighted by Gasteiger charge is 1.94. The molecule has 1 heteroatoms. The van der Waals surface area contributed by atoms with Gasteiger partial charge in [0.15, 0.2) is 0 Å². The summed E-state index contributed by atoms with van der Waals surface area (Å²) in [6.45, 7) is 2.29. The molecule has 0 N–H and O–H groups in total. The summed E-state index contributed by atoms with van der Waals surface area (Å²) in [5, 5.41) is 0. The maximum absolute atomic E-state index is 10.2. The number of carbonyl (C=O) groups is 1. The molecule has 0 saturated carbocycles. The topological polar surface area (TPSA) is 17.1 Å². The van der Waals surface area contributed by atoms with E-state index in [4.69, 9.17) is 0 Å². The minimum Gasteiger partial charge on any atom is -0.303 e. The van der Waals surface area contributed by atoms with Gasteiger partial charge in [0, 0.05) is 6.42 Å². The van der Waals surface area contributed by atoms with Crippen LogP contribution in [0.1, 0.15) is 122 Å². The predicted octanol–water partition coefficient (Wildman–Crippen LogP) is 7.23. The molecule has 0 rings (SSSR count). The molecule has 0 unspecified atom stereocenters. The lowest BCUT2D eigenvalue weighted by atomic mass is 10.0. The predicted molar refractivity (Wildman–Crippen MR) is 94.8 cm³/mol. The maximum Gasteiger partial charge on any atom is 0.119 e. The van der Waals surface area contributed by atoms with E-state index in [2.05, 4.69) is 6.92 Å². The van der Waals surface area contributed by atoms with Crippen LogP contribution in [0.2, 0.25) is 0 Å². The molecule has 0 atom stereocenters. The third-order valence-electron chi connectivity index (χ3n) is 4.43. The van der Waals surface area contributed by atoms with Crippen molar-refractivity contribution < 1.29 is 4.79 Å². The molecule has 126 valence electrons. The van der Waals surface area contributed by atoms with Gasteiger partial charge in [0.25, 0.3) is 0 Å². The second kappa shape index (κ2) is 19.7. The van der Waals surface area contributed by atoms with E-state index >= 15 is 0 Å². The molecule has 0 heterocycles. The molecule has 0 saturated heterocycles. The first-order valence-electron chi connectivity index (χ1n) is 9.85. The molecule has 0 aromatic rings. The van der Waals surface area contributed by atoms with E-state index in [1.165, 1.54) is 103 Å². The summed E-state index contributed by atoms with van der Waals surface area (Å²) in [6.07, 6.45) is 25.5. The third-order valence-corrected chi connectivity index (χ3v) is 4.43. The highest BCUT2D eigenvalue weighted by atomic mass is 16.1. The highest BCUT2D eigenvalue weighted by Crippen LogP contribution is 2.14. The van der Waals surface area contributed by atoms with E-state index in [0.29, 0.717) is 0 Å². The zero-order valence-electron chi connectivity index (χ0n) is 14.7. The van der Waals surface area contributed by atoms with Gasteiger partial charge in [0.1, 0.15) is 6.29 Å². The standard InChI is InChI=1S/C20H40O/c1-2-3-4-5-6-7-8-9-10-11-12-13-14-15-16-17-18-19-20-21/h20H,2-19H2,1H3. The minimum atomic E-state index is 0.763. The van der Waals surface area contributed by atoms with Crippen molar-refractivity contribution >= 4 is 6.29 Å². The van der Waals surface area contributed by atoms with Crippen LogP contribution in [0.4, 0.5) is 0 Å². The Kier molecular flexibility index (Phi) is 19.4. The van der Waals surface area contributed by atoms with Crippen molar-refractivity contribution in [3.63, 3.8) is 0 Å². The fourth-order valence-electron chi connectivity index (χ4n) is 2.95.